The highest BCUT2D eigenvalue weighted by molar-refractivity contribution is 5.83. The largest absolute Gasteiger partial charge is 0.349 e. The summed E-state index contributed by atoms with van der Waals surface area (Å²) in [5.74, 6) is -0.327. The lowest BCUT2D eigenvalue weighted by Gasteiger charge is -2.24. The Kier molecular flexibility index (Phi) is 5.23. The molecule has 23 heavy (non-hydrogen) atoms. The molecule has 0 aliphatic heterocycles. The summed E-state index contributed by atoms with van der Waals surface area (Å²) < 4.78 is 14.0. The van der Waals surface area contributed by atoms with Crippen molar-refractivity contribution in [2.75, 3.05) is 14.1 Å². The Labute approximate surface area is 133 Å². The van der Waals surface area contributed by atoms with Crippen LogP contribution in [-0.4, -0.2) is 34.9 Å². The van der Waals surface area contributed by atoms with E-state index >= 15 is 0 Å². The second kappa shape index (κ2) is 7.15. The molecule has 0 unspecified atom stereocenters. The lowest BCUT2D eigenvalue weighted by Crippen LogP contribution is -2.37. The van der Waals surface area contributed by atoms with Gasteiger partial charge in [-0.1, -0.05) is 18.2 Å². The number of likely N-dealkylation sites (N-methyl/N-ethyl adjacent to an activating group) is 1. The average molecular weight is 318 g/mol. The summed E-state index contributed by atoms with van der Waals surface area (Å²) in [5.41, 5.74) is 0.468. The molecule has 1 aromatic heterocycles. The Bertz CT molecular complexity index is 758. The van der Waals surface area contributed by atoms with Gasteiger partial charge in [0.2, 0.25) is 5.91 Å². The highest BCUT2D eigenvalue weighted by atomic mass is 19.1. The molecule has 0 fully saturated rings. The summed E-state index contributed by atoms with van der Waals surface area (Å²) in [4.78, 5) is 32.2. The van der Waals surface area contributed by atoms with Crippen molar-refractivity contribution in [2.24, 2.45) is 0 Å². The molecule has 2 aromatic rings. The van der Waals surface area contributed by atoms with Crippen molar-refractivity contribution in [3.05, 3.63) is 63.6 Å². The molecule has 1 atom stereocenters. The smallest absolute Gasteiger partial charge is 0.251 e. The first-order valence-corrected chi connectivity index (χ1v) is 7.14. The molecule has 0 saturated carbocycles. The van der Waals surface area contributed by atoms with E-state index in [0.29, 0.717) is 17.1 Å². The maximum absolute atomic E-state index is 14.0. The lowest BCUT2D eigenvalue weighted by molar-refractivity contribution is -0.126. The lowest BCUT2D eigenvalue weighted by atomic mass is 10.0. The maximum Gasteiger partial charge on any atom is 0.251 e. The van der Waals surface area contributed by atoms with Gasteiger partial charge in [-0.25, -0.2) is 9.37 Å². The van der Waals surface area contributed by atoms with Gasteiger partial charge in [0.05, 0.1) is 12.2 Å². The van der Waals surface area contributed by atoms with E-state index in [9.17, 15) is 14.0 Å². The van der Waals surface area contributed by atoms with E-state index in [0.717, 1.165) is 0 Å². The fourth-order valence-corrected chi connectivity index (χ4v) is 2.36. The second-order valence-corrected chi connectivity index (χ2v) is 5.43. The van der Waals surface area contributed by atoms with E-state index < -0.39 is 11.9 Å². The van der Waals surface area contributed by atoms with Crippen LogP contribution < -0.4 is 10.9 Å². The molecule has 1 heterocycles. The normalized spacial score (nSPS) is 12.2. The van der Waals surface area contributed by atoms with Gasteiger partial charge in [-0.2, -0.15) is 0 Å². The number of H-pyrrole nitrogens is 1. The zero-order valence-electron chi connectivity index (χ0n) is 13.3. The molecule has 0 radical (unpaired) electrons. The highest BCUT2D eigenvalue weighted by Gasteiger charge is 2.25. The van der Waals surface area contributed by atoms with Crippen molar-refractivity contribution < 1.29 is 9.18 Å². The average Bonchev–Trinajstić information content (AvgIpc) is 2.46. The first kappa shape index (κ1) is 16.8. The predicted molar refractivity (Wildman–Crippen MR) is 84.3 cm³/mol. The highest BCUT2D eigenvalue weighted by Crippen LogP contribution is 2.21. The van der Waals surface area contributed by atoms with E-state index in [1.165, 1.54) is 12.1 Å². The van der Waals surface area contributed by atoms with Crippen LogP contribution in [0, 0.1) is 12.7 Å². The SMILES string of the molecule is Cc1nc(CNC(=O)[C@@H](c2ccccc2F)N(C)C)cc(=O)[nH]1. The van der Waals surface area contributed by atoms with E-state index in [1.54, 1.807) is 44.1 Å². The number of halogens is 1. The van der Waals surface area contributed by atoms with Crippen LogP contribution in [0.3, 0.4) is 0 Å². The summed E-state index contributed by atoms with van der Waals surface area (Å²) in [7, 11) is 3.40. The number of carbonyl (C=O) groups is 1. The van der Waals surface area contributed by atoms with Crippen LogP contribution in [0.4, 0.5) is 4.39 Å². The third kappa shape index (κ3) is 4.23. The number of amides is 1. The molecule has 0 spiro atoms. The van der Waals surface area contributed by atoms with E-state index in [1.807, 2.05) is 0 Å². The number of nitrogens with zero attached hydrogens (tertiary/aromatic N) is 2. The summed E-state index contributed by atoms with van der Waals surface area (Å²) in [5, 5.41) is 2.70. The van der Waals surface area contributed by atoms with Crippen LogP contribution >= 0.6 is 0 Å². The number of carbonyl (C=O) groups excluding carboxylic acids is 1. The Morgan fingerprint density at radius 3 is 2.70 bits per heavy atom. The van der Waals surface area contributed by atoms with Crippen LogP contribution in [0.2, 0.25) is 0 Å². The first-order chi connectivity index (χ1) is 10.9. The molecule has 2 rings (SSSR count). The van der Waals surface area contributed by atoms with E-state index in [-0.39, 0.29) is 18.0 Å². The minimum absolute atomic E-state index is 0.0996. The molecule has 1 amide bonds. The molecule has 0 aliphatic rings. The number of aromatic nitrogens is 2. The standard InChI is InChI=1S/C16H19FN4O2/c1-10-19-11(8-14(22)20-10)9-18-16(23)15(21(2)3)12-6-4-5-7-13(12)17/h4-8,15H,9H2,1-3H3,(H,18,23)(H,19,20,22)/t15-/m1/s1. The zero-order chi connectivity index (χ0) is 17.0. The first-order valence-electron chi connectivity index (χ1n) is 7.14. The maximum atomic E-state index is 14.0. The molecule has 7 heteroatoms. The van der Waals surface area contributed by atoms with Crippen LogP contribution in [0.15, 0.2) is 35.1 Å². The number of aryl methyl sites for hydroxylation is 1. The molecule has 2 N–H and O–H groups in total. The Balaban J connectivity index is 2.16. The zero-order valence-corrected chi connectivity index (χ0v) is 13.3. The van der Waals surface area contributed by atoms with Gasteiger partial charge >= 0.3 is 0 Å². The summed E-state index contributed by atoms with van der Waals surface area (Å²) in [6, 6.07) is 6.71. The van der Waals surface area contributed by atoms with E-state index in [2.05, 4.69) is 15.3 Å². The number of nitrogens with one attached hydrogen (secondary N) is 2. The van der Waals surface area contributed by atoms with Crippen LogP contribution in [0.1, 0.15) is 23.1 Å². The molecule has 6 nitrogen and oxygen atoms in total. The van der Waals surface area contributed by atoms with Crippen LogP contribution in [0.25, 0.3) is 0 Å². The Morgan fingerprint density at radius 2 is 2.09 bits per heavy atom. The third-order valence-corrected chi connectivity index (χ3v) is 3.32. The Morgan fingerprint density at radius 1 is 1.39 bits per heavy atom. The van der Waals surface area contributed by atoms with Gasteiger partial charge in [-0.15, -0.1) is 0 Å². The number of hydrogen-bond acceptors (Lipinski definition) is 4. The van der Waals surface area contributed by atoms with Gasteiger partial charge in [0.1, 0.15) is 17.7 Å². The van der Waals surface area contributed by atoms with Gasteiger partial charge in [0.25, 0.3) is 5.56 Å². The molecule has 1 aromatic carbocycles. The van der Waals surface area contributed by atoms with Gasteiger partial charge in [-0.3, -0.25) is 14.5 Å². The fraction of sp³-hybridized carbons (Fsp3) is 0.312. The molecule has 0 bridgehead atoms. The molecular formula is C16H19FN4O2. The van der Waals surface area contributed by atoms with Crippen molar-refractivity contribution in [1.29, 1.82) is 0 Å². The van der Waals surface area contributed by atoms with Crippen molar-refractivity contribution in [1.82, 2.24) is 20.2 Å². The summed E-state index contributed by atoms with van der Waals surface area (Å²) >= 11 is 0. The number of aromatic amines is 1. The Hall–Kier alpha value is -2.54. The predicted octanol–water partition coefficient (Wildman–Crippen LogP) is 1.14. The van der Waals surface area contributed by atoms with Crippen molar-refractivity contribution in [2.45, 2.75) is 19.5 Å². The van der Waals surface area contributed by atoms with Crippen molar-refractivity contribution in [3.63, 3.8) is 0 Å². The topological polar surface area (TPSA) is 78.1 Å². The van der Waals surface area contributed by atoms with Crippen LogP contribution in [-0.2, 0) is 11.3 Å². The summed E-state index contributed by atoms with van der Waals surface area (Å²) in [6.45, 7) is 1.76. The molecular weight excluding hydrogens is 299 g/mol. The fourth-order valence-electron chi connectivity index (χ4n) is 2.36. The van der Waals surface area contributed by atoms with Crippen molar-refractivity contribution >= 4 is 5.91 Å². The number of hydrogen-bond donors (Lipinski definition) is 2. The van der Waals surface area contributed by atoms with Gasteiger partial charge in [0, 0.05) is 11.6 Å². The minimum Gasteiger partial charge on any atom is -0.349 e. The van der Waals surface area contributed by atoms with Gasteiger partial charge < -0.3 is 10.3 Å². The van der Waals surface area contributed by atoms with Gasteiger partial charge in [-0.05, 0) is 27.1 Å². The molecule has 0 aliphatic carbocycles. The molecule has 122 valence electrons. The monoisotopic (exact) mass is 318 g/mol. The second-order valence-electron chi connectivity index (χ2n) is 5.43. The van der Waals surface area contributed by atoms with Gasteiger partial charge in [0.15, 0.2) is 0 Å². The number of rotatable bonds is 5. The third-order valence-electron chi connectivity index (χ3n) is 3.32. The van der Waals surface area contributed by atoms with Crippen LogP contribution in [0.5, 0.6) is 0 Å². The van der Waals surface area contributed by atoms with Crippen molar-refractivity contribution in [3.8, 4) is 0 Å². The minimum atomic E-state index is -0.765. The number of benzene rings is 1. The molecule has 0 saturated heterocycles. The quantitative estimate of drug-likeness (QED) is 0.866. The van der Waals surface area contributed by atoms with E-state index in [4.69, 9.17) is 0 Å². The summed E-state index contributed by atoms with van der Waals surface area (Å²) in [6.07, 6.45) is 0.